The van der Waals surface area contributed by atoms with E-state index in [1.165, 1.54) is 11.8 Å². The second-order valence-corrected chi connectivity index (χ2v) is 7.62. The quantitative estimate of drug-likeness (QED) is 0.604. The van der Waals surface area contributed by atoms with E-state index in [0.717, 1.165) is 5.56 Å². The minimum Gasteiger partial charge on any atom is -0.450 e. The second kappa shape index (κ2) is 12.6. The molecule has 0 bridgehead atoms. The summed E-state index contributed by atoms with van der Waals surface area (Å²) < 4.78 is 4.95. The summed E-state index contributed by atoms with van der Waals surface area (Å²) in [4.78, 5) is 39.1. The van der Waals surface area contributed by atoms with Crippen molar-refractivity contribution in [3.63, 3.8) is 0 Å². The Balaban J connectivity index is 1.63. The zero-order chi connectivity index (χ0) is 21.8. The number of nitrogens with zero attached hydrogens (tertiary/aromatic N) is 3. The van der Waals surface area contributed by atoms with Crippen LogP contribution in [0.3, 0.4) is 0 Å². The minimum absolute atomic E-state index is 0.0820. The molecule has 1 heterocycles. The topological polar surface area (TPSA) is 115 Å². The van der Waals surface area contributed by atoms with Crippen LogP contribution in [0.4, 0.5) is 9.59 Å². The Bertz CT molecular complexity index is 747. The van der Waals surface area contributed by atoms with Gasteiger partial charge >= 0.3 is 12.1 Å². The van der Waals surface area contributed by atoms with Crippen LogP contribution < -0.4 is 10.6 Å². The fourth-order valence-corrected chi connectivity index (χ4v) is 3.63. The molecular formula is C20H27N5O4S. The lowest BCUT2D eigenvalue weighted by Crippen LogP contribution is -2.53. The Hall–Kier alpha value is -2.93. The highest BCUT2D eigenvalue weighted by Gasteiger charge is 2.24. The summed E-state index contributed by atoms with van der Waals surface area (Å²) in [5.74, 6) is 0.322. The summed E-state index contributed by atoms with van der Waals surface area (Å²) in [6, 6.07) is 11.5. The largest absolute Gasteiger partial charge is 0.450 e. The van der Waals surface area contributed by atoms with Crippen LogP contribution in [0, 0.1) is 11.3 Å². The molecule has 30 heavy (non-hydrogen) atoms. The first kappa shape index (κ1) is 23.3. The number of thioether (sulfide) groups is 1. The average Bonchev–Trinajstić information content (AvgIpc) is 2.77. The Morgan fingerprint density at radius 2 is 1.83 bits per heavy atom. The first-order chi connectivity index (χ1) is 14.5. The van der Waals surface area contributed by atoms with Gasteiger partial charge in [-0.15, -0.1) is 11.8 Å². The molecule has 0 aromatic heterocycles. The standard InChI is InChI=1S/C20H27N5O4S/c1-2-29-20(28)25-12-10-24(11-13-25)19(27)22-9-8-17(26)23-18(14-21)30-15-16-6-4-3-5-7-16/h3-7,18H,2,8-13,15H2,1H3,(H,22,27)(H,23,26)/t18-/m1/s1. The lowest BCUT2D eigenvalue weighted by Gasteiger charge is -2.34. The van der Waals surface area contributed by atoms with Crippen LogP contribution in [0.15, 0.2) is 30.3 Å². The maximum absolute atomic E-state index is 12.2. The molecule has 2 N–H and O–H groups in total. The summed E-state index contributed by atoms with van der Waals surface area (Å²) in [7, 11) is 0. The molecule has 9 nitrogen and oxygen atoms in total. The van der Waals surface area contributed by atoms with Crippen molar-refractivity contribution in [3.05, 3.63) is 35.9 Å². The normalized spacial score (nSPS) is 14.4. The first-order valence-electron chi connectivity index (χ1n) is 9.82. The molecule has 0 saturated carbocycles. The molecule has 0 unspecified atom stereocenters. The minimum atomic E-state index is -0.649. The number of ether oxygens (including phenoxy) is 1. The molecule has 1 aliphatic rings. The molecule has 0 spiro atoms. The van der Waals surface area contributed by atoms with Crippen LogP contribution in [0.5, 0.6) is 0 Å². The SMILES string of the molecule is CCOC(=O)N1CCN(C(=O)NCCC(=O)N[C@@H](C#N)SCc2ccccc2)CC1. The van der Waals surface area contributed by atoms with Gasteiger partial charge in [-0.3, -0.25) is 4.79 Å². The van der Waals surface area contributed by atoms with Crippen LogP contribution in [0.1, 0.15) is 18.9 Å². The fourth-order valence-electron chi connectivity index (χ4n) is 2.79. The van der Waals surface area contributed by atoms with E-state index in [1.807, 2.05) is 30.3 Å². The number of piperazine rings is 1. The van der Waals surface area contributed by atoms with E-state index in [1.54, 1.807) is 16.7 Å². The molecule has 1 fully saturated rings. The summed E-state index contributed by atoms with van der Waals surface area (Å²) in [5, 5.41) is 13.9. The third-order valence-electron chi connectivity index (χ3n) is 4.39. The first-order valence-corrected chi connectivity index (χ1v) is 10.9. The van der Waals surface area contributed by atoms with Crippen LogP contribution >= 0.6 is 11.8 Å². The maximum atomic E-state index is 12.2. The van der Waals surface area contributed by atoms with Crippen molar-refractivity contribution in [2.75, 3.05) is 39.3 Å². The van der Waals surface area contributed by atoms with Gasteiger partial charge in [0.2, 0.25) is 5.91 Å². The van der Waals surface area contributed by atoms with Gasteiger partial charge in [-0.1, -0.05) is 30.3 Å². The number of rotatable bonds is 8. The highest BCUT2D eigenvalue weighted by molar-refractivity contribution is 7.99. The Labute approximate surface area is 180 Å². The molecule has 0 radical (unpaired) electrons. The average molecular weight is 434 g/mol. The third-order valence-corrected chi connectivity index (χ3v) is 5.45. The molecule has 1 atom stereocenters. The molecule has 1 aliphatic heterocycles. The Kier molecular flexibility index (Phi) is 9.80. The summed E-state index contributed by atoms with van der Waals surface area (Å²) in [6.07, 6.45) is -0.287. The van der Waals surface area contributed by atoms with E-state index >= 15 is 0 Å². The van der Waals surface area contributed by atoms with Crippen molar-refractivity contribution in [3.8, 4) is 6.07 Å². The Morgan fingerprint density at radius 3 is 2.47 bits per heavy atom. The lowest BCUT2D eigenvalue weighted by atomic mass is 10.2. The summed E-state index contributed by atoms with van der Waals surface area (Å²) in [5.41, 5.74) is 1.08. The van der Waals surface area contributed by atoms with E-state index in [0.29, 0.717) is 38.5 Å². The van der Waals surface area contributed by atoms with E-state index < -0.39 is 5.37 Å². The van der Waals surface area contributed by atoms with Crippen LogP contribution in [0.25, 0.3) is 0 Å². The predicted molar refractivity (Wildman–Crippen MR) is 113 cm³/mol. The van der Waals surface area contributed by atoms with E-state index in [-0.39, 0.29) is 31.0 Å². The summed E-state index contributed by atoms with van der Waals surface area (Å²) in [6.45, 7) is 3.87. The molecule has 2 rings (SSSR count). The van der Waals surface area contributed by atoms with Crippen molar-refractivity contribution in [2.45, 2.75) is 24.5 Å². The predicted octanol–water partition coefficient (Wildman–Crippen LogP) is 1.76. The molecule has 0 aliphatic carbocycles. The van der Waals surface area contributed by atoms with Crippen LogP contribution in [-0.4, -0.2) is 72.5 Å². The number of hydrogen-bond acceptors (Lipinski definition) is 6. The number of nitrogens with one attached hydrogen (secondary N) is 2. The molecule has 162 valence electrons. The monoisotopic (exact) mass is 433 g/mol. The van der Waals surface area contributed by atoms with Gasteiger partial charge in [-0.05, 0) is 12.5 Å². The van der Waals surface area contributed by atoms with Gasteiger partial charge < -0.3 is 25.2 Å². The van der Waals surface area contributed by atoms with E-state index in [4.69, 9.17) is 4.74 Å². The zero-order valence-corrected chi connectivity index (χ0v) is 17.8. The number of hydrogen-bond donors (Lipinski definition) is 2. The molecule has 1 aromatic rings. The van der Waals surface area contributed by atoms with Gasteiger partial charge in [-0.25, -0.2) is 9.59 Å². The highest BCUT2D eigenvalue weighted by Crippen LogP contribution is 2.15. The van der Waals surface area contributed by atoms with Gasteiger partial charge in [0.1, 0.15) is 0 Å². The van der Waals surface area contributed by atoms with E-state index in [9.17, 15) is 19.6 Å². The van der Waals surface area contributed by atoms with Crippen molar-refractivity contribution in [2.24, 2.45) is 0 Å². The Morgan fingerprint density at radius 1 is 1.17 bits per heavy atom. The van der Waals surface area contributed by atoms with Crippen molar-refractivity contribution in [1.29, 1.82) is 5.26 Å². The molecule has 1 saturated heterocycles. The van der Waals surface area contributed by atoms with Crippen LogP contribution in [-0.2, 0) is 15.3 Å². The van der Waals surface area contributed by atoms with Gasteiger partial charge in [0.25, 0.3) is 0 Å². The smallest absolute Gasteiger partial charge is 0.409 e. The molecule has 1 aromatic carbocycles. The van der Waals surface area contributed by atoms with Gasteiger partial charge in [0.15, 0.2) is 5.37 Å². The van der Waals surface area contributed by atoms with Gasteiger partial charge in [0.05, 0.1) is 12.7 Å². The number of carbonyl (C=O) groups is 3. The fraction of sp³-hybridized carbons (Fsp3) is 0.500. The number of amides is 4. The molecule has 4 amide bonds. The summed E-state index contributed by atoms with van der Waals surface area (Å²) >= 11 is 1.34. The number of benzene rings is 1. The number of urea groups is 1. The second-order valence-electron chi connectivity index (χ2n) is 6.53. The maximum Gasteiger partial charge on any atom is 0.409 e. The van der Waals surface area contributed by atoms with Crippen molar-refractivity contribution in [1.82, 2.24) is 20.4 Å². The third kappa shape index (κ3) is 7.83. The van der Waals surface area contributed by atoms with Crippen LogP contribution in [0.2, 0.25) is 0 Å². The van der Waals surface area contributed by atoms with E-state index in [2.05, 4.69) is 16.7 Å². The molecular weight excluding hydrogens is 406 g/mol. The molecule has 10 heteroatoms. The lowest BCUT2D eigenvalue weighted by molar-refractivity contribution is -0.120. The number of nitriles is 1. The van der Waals surface area contributed by atoms with Gasteiger partial charge in [-0.2, -0.15) is 5.26 Å². The zero-order valence-electron chi connectivity index (χ0n) is 17.0. The van der Waals surface area contributed by atoms with Gasteiger partial charge in [0, 0.05) is 44.9 Å². The van der Waals surface area contributed by atoms with Crippen molar-refractivity contribution >= 4 is 29.8 Å². The number of carbonyl (C=O) groups excluding carboxylic acids is 3. The highest BCUT2D eigenvalue weighted by atomic mass is 32.2. The van der Waals surface area contributed by atoms with Crippen molar-refractivity contribution < 1.29 is 19.1 Å².